The summed E-state index contributed by atoms with van der Waals surface area (Å²) in [5.74, 6) is -1.10. The molecule has 3 rings (SSSR count). The number of amides is 1. The number of ketones is 1. The van der Waals surface area contributed by atoms with Crippen molar-refractivity contribution in [2.24, 2.45) is 0 Å². The smallest absolute Gasteiger partial charge is 0.220 e. The van der Waals surface area contributed by atoms with E-state index in [4.69, 9.17) is 0 Å². The highest BCUT2D eigenvalue weighted by molar-refractivity contribution is 7.91. The maximum atomic E-state index is 13.3. The first kappa shape index (κ1) is 24.3. The zero-order chi connectivity index (χ0) is 24.0. The second-order valence-electron chi connectivity index (χ2n) is 7.92. The van der Waals surface area contributed by atoms with Gasteiger partial charge in [0, 0.05) is 24.9 Å². The molecule has 1 N–H and O–H groups in total. The summed E-state index contributed by atoms with van der Waals surface area (Å²) < 4.78 is 39.8. The number of sulfone groups is 1. The molecule has 3 aromatic rings. The van der Waals surface area contributed by atoms with Crippen molar-refractivity contribution in [1.29, 1.82) is 0 Å². The molecule has 0 saturated heterocycles. The third-order valence-corrected chi connectivity index (χ3v) is 7.70. The molecule has 1 atom stereocenters. The molecule has 0 aliphatic carbocycles. The van der Waals surface area contributed by atoms with Gasteiger partial charge in [-0.05, 0) is 60.9 Å². The number of hydrogen-bond acceptors (Lipinski definition) is 4. The van der Waals surface area contributed by atoms with E-state index in [0.717, 1.165) is 23.3 Å². The number of hydrogen-bond donors (Lipinski definition) is 1. The molecule has 1 unspecified atom stereocenters. The fourth-order valence-electron chi connectivity index (χ4n) is 3.44. The Morgan fingerprint density at radius 1 is 0.879 bits per heavy atom. The molecular formula is C26H26FNO4S. The Balaban J connectivity index is 1.69. The fraction of sp³-hybridized carbons (Fsp3) is 0.231. The summed E-state index contributed by atoms with van der Waals surface area (Å²) in [6, 6.07) is 18.5. The largest absolute Gasteiger partial charge is 0.354 e. The Labute approximate surface area is 193 Å². The van der Waals surface area contributed by atoms with Crippen LogP contribution in [0.25, 0.3) is 0 Å². The van der Waals surface area contributed by atoms with E-state index in [1.807, 2.05) is 19.9 Å². The van der Waals surface area contributed by atoms with Crippen LogP contribution in [-0.4, -0.2) is 26.7 Å². The lowest BCUT2D eigenvalue weighted by Crippen LogP contribution is -2.32. The monoisotopic (exact) mass is 467 g/mol. The summed E-state index contributed by atoms with van der Waals surface area (Å²) in [5, 5.41) is 1.60. The zero-order valence-corrected chi connectivity index (χ0v) is 19.4. The van der Waals surface area contributed by atoms with Crippen molar-refractivity contribution in [2.75, 3.05) is 6.54 Å². The number of halogens is 1. The molecule has 0 bridgehead atoms. The van der Waals surface area contributed by atoms with E-state index in [1.54, 1.807) is 42.5 Å². The molecule has 7 heteroatoms. The van der Waals surface area contributed by atoms with E-state index in [9.17, 15) is 22.4 Å². The van der Waals surface area contributed by atoms with Crippen LogP contribution in [0.15, 0.2) is 77.7 Å². The van der Waals surface area contributed by atoms with Crippen LogP contribution in [0, 0.1) is 19.7 Å². The van der Waals surface area contributed by atoms with Gasteiger partial charge < -0.3 is 5.32 Å². The lowest BCUT2D eigenvalue weighted by molar-refractivity contribution is -0.121. The standard InChI is InChI=1S/C26H26FNO4S/c1-18-8-9-21(16-19(18)2)24(29)14-15-26(30)28-17-25(20-6-4-3-5-7-20)33(31,32)23-12-10-22(27)11-13-23/h3-13,16,25H,14-15,17H2,1-2H3,(H,28,30). The van der Waals surface area contributed by atoms with Crippen LogP contribution in [0.2, 0.25) is 0 Å². The lowest BCUT2D eigenvalue weighted by atomic mass is 10.0. The highest BCUT2D eigenvalue weighted by Crippen LogP contribution is 2.28. The van der Waals surface area contributed by atoms with E-state index >= 15 is 0 Å². The van der Waals surface area contributed by atoms with Crippen LogP contribution in [-0.2, 0) is 14.6 Å². The number of Topliss-reactive ketones (excluding diaryl/α,β-unsaturated/α-hetero) is 1. The second kappa shape index (κ2) is 10.5. The van der Waals surface area contributed by atoms with Crippen molar-refractivity contribution in [3.63, 3.8) is 0 Å². The minimum absolute atomic E-state index is 0.0229. The number of nitrogens with one attached hydrogen (secondary N) is 1. The average molecular weight is 468 g/mol. The molecule has 0 heterocycles. The topological polar surface area (TPSA) is 80.3 Å². The van der Waals surface area contributed by atoms with Crippen molar-refractivity contribution < 1.29 is 22.4 Å². The molecule has 0 aliphatic heterocycles. The Morgan fingerprint density at radius 3 is 2.18 bits per heavy atom. The van der Waals surface area contributed by atoms with Gasteiger partial charge >= 0.3 is 0 Å². The van der Waals surface area contributed by atoms with Gasteiger partial charge in [0.25, 0.3) is 0 Å². The van der Waals surface area contributed by atoms with Crippen molar-refractivity contribution in [3.8, 4) is 0 Å². The third-order valence-electron chi connectivity index (χ3n) is 5.58. The van der Waals surface area contributed by atoms with E-state index in [-0.39, 0.29) is 30.1 Å². The molecule has 1 amide bonds. The highest BCUT2D eigenvalue weighted by Gasteiger charge is 2.29. The fourth-order valence-corrected chi connectivity index (χ4v) is 5.11. The van der Waals surface area contributed by atoms with Crippen LogP contribution in [0.1, 0.15) is 45.1 Å². The van der Waals surface area contributed by atoms with Crippen molar-refractivity contribution in [1.82, 2.24) is 5.32 Å². The Morgan fingerprint density at radius 2 is 1.55 bits per heavy atom. The van der Waals surface area contributed by atoms with Crippen LogP contribution in [0.4, 0.5) is 4.39 Å². The average Bonchev–Trinajstić information content (AvgIpc) is 2.80. The van der Waals surface area contributed by atoms with Crippen LogP contribution >= 0.6 is 0 Å². The Bertz CT molecular complexity index is 1240. The van der Waals surface area contributed by atoms with Gasteiger partial charge in [-0.3, -0.25) is 9.59 Å². The van der Waals surface area contributed by atoms with Crippen molar-refractivity contribution >= 4 is 21.5 Å². The first-order valence-electron chi connectivity index (χ1n) is 10.6. The summed E-state index contributed by atoms with van der Waals surface area (Å²) in [5.41, 5.74) is 3.14. The van der Waals surface area contributed by atoms with Crippen LogP contribution < -0.4 is 5.32 Å². The molecule has 5 nitrogen and oxygen atoms in total. The van der Waals surface area contributed by atoms with Crippen molar-refractivity contribution in [2.45, 2.75) is 36.8 Å². The first-order valence-corrected chi connectivity index (χ1v) is 12.1. The number of aryl methyl sites for hydroxylation is 2. The van der Waals surface area contributed by atoms with E-state index in [0.29, 0.717) is 11.1 Å². The van der Waals surface area contributed by atoms with Gasteiger partial charge in [-0.1, -0.05) is 42.5 Å². The molecule has 33 heavy (non-hydrogen) atoms. The van der Waals surface area contributed by atoms with Crippen LogP contribution in [0.5, 0.6) is 0 Å². The van der Waals surface area contributed by atoms with Gasteiger partial charge in [0.2, 0.25) is 5.91 Å². The molecule has 0 spiro atoms. The summed E-state index contributed by atoms with van der Waals surface area (Å²) in [6.45, 7) is 3.71. The summed E-state index contributed by atoms with van der Waals surface area (Å²) in [6.07, 6.45) is -0.0289. The van der Waals surface area contributed by atoms with Crippen molar-refractivity contribution in [3.05, 3.63) is 101 Å². The van der Waals surface area contributed by atoms with Crippen LogP contribution in [0.3, 0.4) is 0 Å². The summed E-state index contributed by atoms with van der Waals surface area (Å²) in [4.78, 5) is 24.8. The van der Waals surface area contributed by atoms with Gasteiger partial charge in [0.1, 0.15) is 11.1 Å². The van der Waals surface area contributed by atoms with Gasteiger partial charge in [0.15, 0.2) is 15.6 Å². The van der Waals surface area contributed by atoms with E-state index in [2.05, 4.69) is 5.32 Å². The SMILES string of the molecule is Cc1ccc(C(=O)CCC(=O)NCC(c2ccccc2)S(=O)(=O)c2ccc(F)cc2)cc1C. The number of carbonyl (C=O) groups excluding carboxylic acids is 2. The molecule has 0 radical (unpaired) electrons. The minimum atomic E-state index is -3.90. The summed E-state index contributed by atoms with van der Waals surface area (Å²) >= 11 is 0. The zero-order valence-electron chi connectivity index (χ0n) is 18.5. The van der Waals surface area contributed by atoms with E-state index < -0.39 is 26.8 Å². The maximum absolute atomic E-state index is 13.3. The molecule has 0 aromatic heterocycles. The van der Waals surface area contributed by atoms with Gasteiger partial charge in [-0.25, -0.2) is 12.8 Å². The molecule has 0 aliphatic rings. The Hall–Kier alpha value is -3.32. The number of rotatable bonds is 9. The lowest BCUT2D eigenvalue weighted by Gasteiger charge is -2.19. The third kappa shape index (κ3) is 6.14. The second-order valence-corrected chi connectivity index (χ2v) is 10.1. The molecule has 0 saturated carbocycles. The minimum Gasteiger partial charge on any atom is -0.354 e. The number of carbonyl (C=O) groups is 2. The van der Waals surface area contributed by atoms with E-state index in [1.165, 1.54) is 12.1 Å². The quantitative estimate of drug-likeness (QED) is 0.364. The predicted molar refractivity (Wildman–Crippen MR) is 125 cm³/mol. The molecule has 172 valence electrons. The first-order chi connectivity index (χ1) is 15.7. The summed E-state index contributed by atoms with van der Waals surface area (Å²) in [7, 11) is -3.90. The van der Waals surface area contributed by atoms with Gasteiger partial charge in [-0.15, -0.1) is 0 Å². The normalized spacial score (nSPS) is 12.2. The van der Waals surface area contributed by atoms with Gasteiger partial charge in [0.05, 0.1) is 4.90 Å². The van der Waals surface area contributed by atoms with Gasteiger partial charge in [-0.2, -0.15) is 0 Å². The maximum Gasteiger partial charge on any atom is 0.220 e. The molecule has 3 aromatic carbocycles. The highest BCUT2D eigenvalue weighted by atomic mass is 32.2. The number of benzene rings is 3. The predicted octanol–water partition coefficient (Wildman–Crippen LogP) is 4.74. The molecular weight excluding hydrogens is 441 g/mol. The Kier molecular flexibility index (Phi) is 7.76. The molecule has 0 fully saturated rings.